The summed E-state index contributed by atoms with van der Waals surface area (Å²) >= 11 is 0. The van der Waals surface area contributed by atoms with Gasteiger partial charge in [0.25, 0.3) is 11.8 Å². The maximum atomic E-state index is 12.9. The van der Waals surface area contributed by atoms with Crippen LogP contribution in [0, 0.1) is 5.82 Å². The molecule has 2 aromatic rings. The molecule has 1 aliphatic rings. The Morgan fingerprint density at radius 2 is 1.57 bits per heavy atom. The number of aliphatic hydroxyl groups is 1. The molecule has 1 aliphatic heterocycles. The van der Waals surface area contributed by atoms with Crippen molar-refractivity contribution in [2.45, 2.75) is 6.42 Å². The summed E-state index contributed by atoms with van der Waals surface area (Å²) in [5.74, 6) is -2.08. The number of amides is 2. The van der Waals surface area contributed by atoms with Gasteiger partial charge in [0.05, 0.1) is 5.57 Å². The molecule has 0 unspecified atom stereocenters. The molecular formula is C18H14FNO3. The Hall–Kier alpha value is -2.95. The molecule has 0 saturated carbocycles. The van der Waals surface area contributed by atoms with Crippen molar-refractivity contribution in [2.75, 3.05) is 6.54 Å². The van der Waals surface area contributed by atoms with Crippen molar-refractivity contribution in [3.8, 4) is 0 Å². The topological polar surface area (TPSA) is 57.6 Å². The number of benzene rings is 2. The van der Waals surface area contributed by atoms with Crippen molar-refractivity contribution < 1.29 is 19.1 Å². The van der Waals surface area contributed by atoms with Gasteiger partial charge < -0.3 is 5.11 Å². The zero-order valence-electron chi connectivity index (χ0n) is 12.2. The minimum Gasteiger partial charge on any atom is -0.502 e. The van der Waals surface area contributed by atoms with E-state index < -0.39 is 17.6 Å². The van der Waals surface area contributed by atoms with E-state index in [9.17, 15) is 19.1 Å². The molecule has 0 spiro atoms. The van der Waals surface area contributed by atoms with E-state index in [-0.39, 0.29) is 17.9 Å². The second-order valence-corrected chi connectivity index (χ2v) is 5.23. The molecule has 4 nitrogen and oxygen atoms in total. The first-order chi connectivity index (χ1) is 11.1. The number of aliphatic hydroxyl groups excluding tert-OH is 1. The third kappa shape index (κ3) is 2.85. The Morgan fingerprint density at radius 1 is 0.913 bits per heavy atom. The lowest BCUT2D eigenvalue weighted by Gasteiger charge is -2.14. The molecule has 0 atom stereocenters. The minimum absolute atomic E-state index is 0.0229. The molecule has 0 aliphatic carbocycles. The van der Waals surface area contributed by atoms with Gasteiger partial charge in [-0.25, -0.2) is 4.39 Å². The van der Waals surface area contributed by atoms with Gasteiger partial charge in [-0.05, 0) is 29.7 Å². The van der Waals surface area contributed by atoms with Crippen LogP contribution < -0.4 is 0 Å². The zero-order chi connectivity index (χ0) is 16.4. The number of imide groups is 1. The number of nitrogens with zero attached hydrogens (tertiary/aromatic N) is 1. The number of hydrogen-bond acceptors (Lipinski definition) is 3. The molecule has 3 rings (SSSR count). The van der Waals surface area contributed by atoms with Gasteiger partial charge in [-0.15, -0.1) is 0 Å². The van der Waals surface area contributed by atoms with E-state index in [1.807, 2.05) is 0 Å². The molecular weight excluding hydrogens is 297 g/mol. The summed E-state index contributed by atoms with van der Waals surface area (Å²) in [4.78, 5) is 25.6. The summed E-state index contributed by atoms with van der Waals surface area (Å²) in [6, 6.07) is 14.4. The molecule has 116 valence electrons. The molecule has 1 N–H and O–H groups in total. The van der Waals surface area contributed by atoms with Gasteiger partial charge in [0.2, 0.25) is 0 Å². The Kier molecular flexibility index (Phi) is 3.93. The number of halogens is 1. The Balaban J connectivity index is 1.77. The lowest BCUT2D eigenvalue weighted by atomic mass is 10.1. The lowest BCUT2D eigenvalue weighted by Crippen LogP contribution is -2.33. The Labute approximate surface area is 132 Å². The average molecular weight is 311 g/mol. The molecule has 0 aromatic heterocycles. The number of carbonyl (C=O) groups is 2. The smallest absolute Gasteiger partial charge is 0.296 e. The zero-order valence-corrected chi connectivity index (χ0v) is 12.2. The van der Waals surface area contributed by atoms with Gasteiger partial charge in [-0.2, -0.15) is 0 Å². The maximum absolute atomic E-state index is 12.9. The number of hydrogen-bond donors (Lipinski definition) is 1. The first-order valence-electron chi connectivity index (χ1n) is 7.17. The summed E-state index contributed by atoms with van der Waals surface area (Å²) in [5, 5.41) is 10.0. The molecule has 0 saturated heterocycles. The van der Waals surface area contributed by atoms with Crippen LogP contribution in [0.15, 0.2) is 60.4 Å². The van der Waals surface area contributed by atoms with Gasteiger partial charge in [0.15, 0.2) is 5.76 Å². The van der Waals surface area contributed by atoms with Gasteiger partial charge in [-0.1, -0.05) is 42.5 Å². The third-order valence-electron chi connectivity index (χ3n) is 3.74. The quantitative estimate of drug-likeness (QED) is 0.883. The van der Waals surface area contributed by atoms with E-state index in [2.05, 4.69) is 0 Å². The van der Waals surface area contributed by atoms with Crippen molar-refractivity contribution in [3.63, 3.8) is 0 Å². The Bertz CT molecular complexity index is 782. The van der Waals surface area contributed by atoms with Crippen LogP contribution in [0.4, 0.5) is 4.39 Å². The van der Waals surface area contributed by atoms with E-state index in [0.717, 1.165) is 10.5 Å². The van der Waals surface area contributed by atoms with Crippen LogP contribution in [0.25, 0.3) is 5.57 Å². The minimum atomic E-state index is -0.698. The van der Waals surface area contributed by atoms with E-state index in [0.29, 0.717) is 12.0 Å². The standard InChI is InChI=1S/C18H14FNO3/c19-14-8-6-12(7-9-14)10-11-20-17(22)15(16(21)18(20)23)13-4-2-1-3-5-13/h1-9,21H,10-11H2. The van der Waals surface area contributed by atoms with Crippen molar-refractivity contribution >= 4 is 17.4 Å². The van der Waals surface area contributed by atoms with Gasteiger partial charge in [-0.3, -0.25) is 14.5 Å². The molecule has 0 bridgehead atoms. The monoisotopic (exact) mass is 311 g/mol. The summed E-state index contributed by atoms with van der Waals surface area (Å²) in [5.41, 5.74) is 1.34. The molecule has 2 amide bonds. The normalized spacial score (nSPS) is 14.7. The summed E-state index contributed by atoms with van der Waals surface area (Å²) in [7, 11) is 0. The molecule has 2 aromatic carbocycles. The predicted octanol–water partition coefficient (Wildman–Crippen LogP) is 2.71. The molecule has 0 fully saturated rings. The fourth-order valence-corrected chi connectivity index (χ4v) is 2.52. The van der Waals surface area contributed by atoms with E-state index in [1.54, 1.807) is 42.5 Å². The highest BCUT2D eigenvalue weighted by atomic mass is 19.1. The Morgan fingerprint density at radius 3 is 2.22 bits per heavy atom. The predicted molar refractivity (Wildman–Crippen MR) is 82.8 cm³/mol. The third-order valence-corrected chi connectivity index (χ3v) is 3.74. The van der Waals surface area contributed by atoms with Crippen LogP contribution in [0.2, 0.25) is 0 Å². The van der Waals surface area contributed by atoms with Crippen LogP contribution in [0.1, 0.15) is 11.1 Å². The fourth-order valence-electron chi connectivity index (χ4n) is 2.52. The first kappa shape index (κ1) is 15.0. The largest absolute Gasteiger partial charge is 0.502 e. The second kappa shape index (κ2) is 6.04. The van der Waals surface area contributed by atoms with Crippen LogP contribution in [-0.4, -0.2) is 28.4 Å². The highest BCUT2D eigenvalue weighted by Crippen LogP contribution is 2.27. The van der Waals surface area contributed by atoms with Crippen LogP contribution in [0.5, 0.6) is 0 Å². The number of rotatable bonds is 4. The SMILES string of the molecule is O=C1C(O)=C(c2ccccc2)C(=O)N1CCc1ccc(F)cc1. The number of carbonyl (C=O) groups excluding carboxylic acids is 2. The molecule has 1 heterocycles. The highest BCUT2D eigenvalue weighted by molar-refractivity contribution is 6.34. The second-order valence-electron chi connectivity index (χ2n) is 5.23. The molecule has 23 heavy (non-hydrogen) atoms. The maximum Gasteiger partial charge on any atom is 0.296 e. The van der Waals surface area contributed by atoms with E-state index in [1.165, 1.54) is 12.1 Å². The van der Waals surface area contributed by atoms with Gasteiger partial charge in [0.1, 0.15) is 5.82 Å². The van der Waals surface area contributed by atoms with Crippen LogP contribution in [-0.2, 0) is 16.0 Å². The van der Waals surface area contributed by atoms with Gasteiger partial charge >= 0.3 is 0 Å². The lowest BCUT2D eigenvalue weighted by molar-refractivity contribution is -0.138. The fraction of sp³-hybridized carbons (Fsp3) is 0.111. The van der Waals surface area contributed by atoms with Gasteiger partial charge in [0, 0.05) is 6.54 Å². The molecule has 0 radical (unpaired) electrons. The first-order valence-corrected chi connectivity index (χ1v) is 7.17. The van der Waals surface area contributed by atoms with Crippen molar-refractivity contribution in [3.05, 3.63) is 77.3 Å². The molecule has 5 heteroatoms. The van der Waals surface area contributed by atoms with E-state index in [4.69, 9.17) is 0 Å². The van der Waals surface area contributed by atoms with Crippen LogP contribution in [0.3, 0.4) is 0 Å². The van der Waals surface area contributed by atoms with E-state index >= 15 is 0 Å². The van der Waals surface area contributed by atoms with Crippen LogP contribution >= 0.6 is 0 Å². The van der Waals surface area contributed by atoms with Crippen molar-refractivity contribution in [2.24, 2.45) is 0 Å². The summed E-state index contributed by atoms with van der Waals surface area (Å²) < 4.78 is 12.9. The average Bonchev–Trinajstić information content (AvgIpc) is 2.78. The van der Waals surface area contributed by atoms with Crippen molar-refractivity contribution in [1.82, 2.24) is 4.90 Å². The van der Waals surface area contributed by atoms with Crippen molar-refractivity contribution in [1.29, 1.82) is 0 Å². The summed E-state index contributed by atoms with van der Waals surface area (Å²) in [6.45, 7) is 0.129. The highest BCUT2D eigenvalue weighted by Gasteiger charge is 2.38. The summed E-state index contributed by atoms with van der Waals surface area (Å²) in [6.07, 6.45) is 0.396.